The lowest BCUT2D eigenvalue weighted by Crippen LogP contribution is -2.41. The summed E-state index contributed by atoms with van der Waals surface area (Å²) in [6, 6.07) is -0.207. The van der Waals surface area contributed by atoms with Gasteiger partial charge in [-0.25, -0.2) is 0 Å². The highest BCUT2D eigenvalue weighted by Gasteiger charge is 2.52. The van der Waals surface area contributed by atoms with E-state index in [9.17, 15) is 4.79 Å². The lowest BCUT2D eigenvalue weighted by atomic mass is 9.82. The first-order valence-electron chi connectivity index (χ1n) is 8.12. The predicted molar refractivity (Wildman–Crippen MR) is 90.6 cm³/mol. The number of hydrogen-bond donors (Lipinski definition) is 0. The zero-order valence-electron chi connectivity index (χ0n) is 15.5. The van der Waals surface area contributed by atoms with Gasteiger partial charge in [-0.3, -0.25) is 9.48 Å². The molecule has 0 spiro atoms. The molecule has 1 aromatic heterocycles. The molecule has 1 aliphatic heterocycles. The van der Waals surface area contributed by atoms with E-state index in [1.807, 2.05) is 61.7 Å². The SMILES string of the molecule is CC(C)N(C)C(=O)C(C)n1cc(B2OC(C)(C)C(C)(C)O2)cn1. The van der Waals surface area contributed by atoms with Gasteiger partial charge in [0.05, 0.1) is 11.2 Å². The fourth-order valence-electron chi connectivity index (χ4n) is 2.33. The van der Waals surface area contributed by atoms with Gasteiger partial charge in [-0.1, -0.05) is 0 Å². The van der Waals surface area contributed by atoms with Crippen LogP contribution in [0, 0.1) is 0 Å². The monoisotopic (exact) mass is 321 g/mol. The molecule has 1 amide bonds. The third kappa shape index (κ3) is 3.31. The van der Waals surface area contributed by atoms with Gasteiger partial charge in [-0.15, -0.1) is 0 Å². The highest BCUT2D eigenvalue weighted by Crippen LogP contribution is 2.36. The predicted octanol–water partition coefficient (Wildman–Crippen LogP) is 1.61. The molecule has 23 heavy (non-hydrogen) atoms. The standard InChI is InChI=1S/C16H28BN3O3/c1-11(2)19(8)14(21)12(3)20-10-13(9-18-20)17-22-15(4,5)16(6,7)23-17/h9-12H,1-8H3. The van der Waals surface area contributed by atoms with Gasteiger partial charge in [-0.2, -0.15) is 5.10 Å². The summed E-state index contributed by atoms with van der Waals surface area (Å²) in [4.78, 5) is 14.1. The Balaban J connectivity index is 2.14. The lowest BCUT2D eigenvalue weighted by Gasteiger charge is -2.32. The molecule has 0 aliphatic carbocycles. The van der Waals surface area contributed by atoms with Crippen molar-refractivity contribution in [3.05, 3.63) is 12.4 Å². The summed E-state index contributed by atoms with van der Waals surface area (Å²) in [6.45, 7) is 13.9. The van der Waals surface area contributed by atoms with Crippen LogP contribution >= 0.6 is 0 Å². The van der Waals surface area contributed by atoms with Crippen LogP contribution in [-0.2, 0) is 14.1 Å². The minimum atomic E-state index is -0.459. The summed E-state index contributed by atoms with van der Waals surface area (Å²) in [6.07, 6.45) is 3.54. The topological polar surface area (TPSA) is 56.6 Å². The molecule has 0 radical (unpaired) electrons. The van der Waals surface area contributed by atoms with Gasteiger partial charge in [0.2, 0.25) is 5.91 Å². The molecule has 7 heteroatoms. The Labute approximate surface area is 139 Å². The van der Waals surface area contributed by atoms with Gasteiger partial charge in [0.15, 0.2) is 0 Å². The average molecular weight is 321 g/mol. The highest BCUT2D eigenvalue weighted by atomic mass is 16.7. The Morgan fingerprint density at radius 2 is 1.74 bits per heavy atom. The second kappa shape index (κ2) is 5.94. The van der Waals surface area contributed by atoms with Gasteiger partial charge < -0.3 is 14.2 Å². The van der Waals surface area contributed by atoms with Crippen LogP contribution in [0.3, 0.4) is 0 Å². The molecule has 1 fully saturated rings. The van der Waals surface area contributed by atoms with Crippen LogP contribution in [0.2, 0.25) is 0 Å². The fourth-order valence-corrected chi connectivity index (χ4v) is 2.33. The summed E-state index contributed by atoms with van der Waals surface area (Å²) in [5.41, 5.74) is 0.0495. The molecule has 2 heterocycles. The third-order valence-corrected chi connectivity index (χ3v) is 5.02. The van der Waals surface area contributed by atoms with Crippen LogP contribution in [0.5, 0.6) is 0 Å². The van der Waals surface area contributed by atoms with Gasteiger partial charge in [0.25, 0.3) is 0 Å². The van der Waals surface area contributed by atoms with Crippen molar-refractivity contribution in [3.8, 4) is 0 Å². The van der Waals surface area contributed by atoms with Crippen molar-refractivity contribution in [2.75, 3.05) is 7.05 Å². The minimum absolute atomic E-state index is 0.0311. The zero-order chi connectivity index (χ0) is 17.6. The summed E-state index contributed by atoms with van der Waals surface area (Å²) in [5.74, 6) is 0.0311. The Morgan fingerprint density at radius 1 is 1.22 bits per heavy atom. The maximum atomic E-state index is 12.4. The van der Waals surface area contributed by atoms with Crippen LogP contribution in [0.15, 0.2) is 12.4 Å². The molecule has 0 saturated carbocycles. The second-order valence-corrected chi connectivity index (χ2v) is 7.56. The normalized spacial score (nSPS) is 20.8. The van der Waals surface area contributed by atoms with E-state index < -0.39 is 7.12 Å². The first kappa shape index (κ1) is 18.0. The van der Waals surface area contributed by atoms with Crippen molar-refractivity contribution < 1.29 is 14.1 Å². The molecule has 1 saturated heterocycles. The fraction of sp³-hybridized carbons (Fsp3) is 0.750. The summed E-state index contributed by atoms with van der Waals surface area (Å²) < 4.78 is 13.7. The van der Waals surface area contributed by atoms with E-state index in [1.165, 1.54) is 0 Å². The number of amides is 1. The molecule has 6 nitrogen and oxygen atoms in total. The van der Waals surface area contributed by atoms with Crippen molar-refractivity contribution in [1.29, 1.82) is 0 Å². The van der Waals surface area contributed by atoms with Crippen molar-refractivity contribution >= 4 is 18.5 Å². The molecule has 0 bridgehead atoms. The quantitative estimate of drug-likeness (QED) is 0.791. The molecular formula is C16H28BN3O3. The van der Waals surface area contributed by atoms with Gasteiger partial charge >= 0.3 is 7.12 Å². The van der Waals surface area contributed by atoms with Crippen LogP contribution in [0.4, 0.5) is 0 Å². The number of aromatic nitrogens is 2. The highest BCUT2D eigenvalue weighted by molar-refractivity contribution is 6.62. The lowest BCUT2D eigenvalue weighted by molar-refractivity contribution is -0.134. The van der Waals surface area contributed by atoms with E-state index in [0.717, 1.165) is 5.46 Å². The van der Waals surface area contributed by atoms with E-state index >= 15 is 0 Å². The molecule has 1 aromatic rings. The molecular weight excluding hydrogens is 293 g/mol. The Kier molecular flexibility index (Phi) is 4.65. The molecule has 1 aliphatic rings. The van der Waals surface area contributed by atoms with Crippen LogP contribution in [0.25, 0.3) is 0 Å². The number of likely N-dealkylation sites (N-methyl/N-ethyl adjacent to an activating group) is 1. The van der Waals surface area contributed by atoms with Gasteiger partial charge in [-0.05, 0) is 48.5 Å². The van der Waals surface area contributed by atoms with E-state index in [1.54, 1.807) is 15.8 Å². The molecule has 2 rings (SSSR count). The van der Waals surface area contributed by atoms with Crippen molar-refractivity contribution in [2.24, 2.45) is 0 Å². The first-order valence-corrected chi connectivity index (χ1v) is 8.12. The van der Waals surface area contributed by atoms with Gasteiger partial charge in [0.1, 0.15) is 6.04 Å². The largest absolute Gasteiger partial charge is 0.498 e. The molecule has 0 N–H and O–H groups in total. The Morgan fingerprint density at radius 3 is 2.22 bits per heavy atom. The minimum Gasteiger partial charge on any atom is -0.399 e. The number of nitrogens with zero attached hydrogens (tertiary/aromatic N) is 3. The van der Waals surface area contributed by atoms with E-state index in [4.69, 9.17) is 9.31 Å². The summed E-state index contributed by atoms with van der Waals surface area (Å²) in [7, 11) is 1.35. The van der Waals surface area contributed by atoms with Crippen LogP contribution in [0.1, 0.15) is 54.5 Å². The molecule has 1 atom stereocenters. The Hall–Kier alpha value is -1.34. The van der Waals surface area contributed by atoms with Crippen LogP contribution in [-0.4, -0.2) is 52.0 Å². The average Bonchev–Trinajstić information content (AvgIpc) is 2.99. The van der Waals surface area contributed by atoms with Gasteiger partial charge in [0, 0.05) is 30.9 Å². The number of carbonyl (C=O) groups is 1. The Bertz CT molecular complexity index is 567. The number of hydrogen-bond acceptors (Lipinski definition) is 4. The molecule has 1 unspecified atom stereocenters. The van der Waals surface area contributed by atoms with E-state index in [2.05, 4.69) is 5.10 Å². The maximum Gasteiger partial charge on any atom is 0.498 e. The summed E-state index contributed by atoms with van der Waals surface area (Å²) >= 11 is 0. The second-order valence-electron chi connectivity index (χ2n) is 7.56. The van der Waals surface area contributed by atoms with E-state index in [-0.39, 0.29) is 29.2 Å². The molecule has 128 valence electrons. The molecule has 0 aromatic carbocycles. The third-order valence-electron chi connectivity index (χ3n) is 5.02. The maximum absolute atomic E-state index is 12.4. The number of rotatable bonds is 4. The smallest absolute Gasteiger partial charge is 0.399 e. The van der Waals surface area contributed by atoms with Crippen molar-refractivity contribution in [2.45, 2.75) is 71.8 Å². The van der Waals surface area contributed by atoms with Crippen molar-refractivity contribution in [1.82, 2.24) is 14.7 Å². The first-order chi connectivity index (χ1) is 10.5. The van der Waals surface area contributed by atoms with Crippen molar-refractivity contribution in [3.63, 3.8) is 0 Å². The van der Waals surface area contributed by atoms with Crippen LogP contribution < -0.4 is 5.46 Å². The number of carbonyl (C=O) groups excluding carboxylic acids is 1. The van der Waals surface area contributed by atoms with E-state index in [0.29, 0.717) is 0 Å². The summed E-state index contributed by atoms with van der Waals surface area (Å²) in [5, 5.41) is 4.33. The zero-order valence-corrected chi connectivity index (χ0v) is 15.5.